The van der Waals surface area contributed by atoms with E-state index in [1.807, 2.05) is 6.07 Å². The van der Waals surface area contributed by atoms with Gasteiger partial charge in [-0.15, -0.1) is 0 Å². The van der Waals surface area contributed by atoms with E-state index in [1.54, 1.807) is 12.3 Å². The van der Waals surface area contributed by atoms with Crippen LogP contribution in [-0.2, 0) is 0 Å². The van der Waals surface area contributed by atoms with E-state index in [9.17, 15) is 23.9 Å². The van der Waals surface area contributed by atoms with Crippen molar-refractivity contribution >= 4 is 28.0 Å². The number of nitriles is 1. The van der Waals surface area contributed by atoms with Crippen molar-refractivity contribution in [2.24, 2.45) is 0 Å². The fourth-order valence-corrected chi connectivity index (χ4v) is 4.72. The number of likely N-dealkylation sites (tertiary alicyclic amines) is 1. The molecule has 0 bridgehead atoms. The van der Waals surface area contributed by atoms with Gasteiger partial charge in [-0.25, -0.2) is 23.5 Å². The van der Waals surface area contributed by atoms with Crippen LogP contribution in [0.15, 0.2) is 24.5 Å². The SMILES string of the molecule is COc1ncc2c(C#N)c[nH]c2c1-c1nc2c(OCC(F)F)c(C3CCN(C(=O)O)CC3)ccc2[nH]1. The summed E-state index contributed by atoms with van der Waals surface area (Å²) in [6.07, 6.45) is 0.523. The highest BCUT2D eigenvalue weighted by Crippen LogP contribution is 2.41. The highest BCUT2D eigenvalue weighted by molar-refractivity contribution is 5.99. The smallest absolute Gasteiger partial charge is 0.407 e. The molecule has 36 heavy (non-hydrogen) atoms. The Kier molecular flexibility index (Phi) is 6.05. The number of hydrogen-bond acceptors (Lipinski definition) is 6. The Morgan fingerprint density at radius 1 is 1.36 bits per heavy atom. The van der Waals surface area contributed by atoms with Gasteiger partial charge in [-0.3, -0.25) is 0 Å². The van der Waals surface area contributed by atoms with Crippen LogP contribution in [0.5, 0.6) is 11.6 Å². The molecule has 0 atom stereocenters. The van der Waals surface area contributed by atoms with Crippen LogP contribution in [0.4, 0.5) is 13.6 Å². The van der Waals surface area contributed by atoms with Crippen molar-refractivity contribution in [2.45, 2.75) is 25.2 Å². The number of aromatic nitrogens is 4. The number of halogens is 2. The van der Waals surface area contributed by atoms with Crippen LogP contribution in [0.25, 0.3) is 33.3 Å². The first-order valence-electron chi connectivity index (χ1n) is 11.3. The summed E-state index contributed by atoms with van der Waals surface area (Å²) in [5, 5.41) is 19.2. The number of nitrogens with one attached hydrogen (secondary N) is 2. The van der Waals surface area contributed by atoms with Gasteiger partial charge in [0.25, 0.3) is 6.43 Å². The molecule has 1 aliphatic heterocycles. The molecule has 5 rings (SSSR count). The molecule has 1 amide bonds. The second-order valence-corrected chi connectivity index (χ2v) is 8.46. The summed E-state index contributed by atoms with van der Waals surface area (Å²) >= 11 is 0. The molecule has 4 aromatic rings. The minimum atomic E-state index is -2.68. The Balaban J connectivity index is 1.63. The lowest BCUT2D eigenvalue weighted by molar-refractivity contribution is 0.0814. The van der Waals surface area contributed by atoms with Crippen molar-refractivity contribution in [3.63, 3.8) is 0 Å². The van der Waals surface area contributed by atoms with Gasteiger partial charge >= 0.3 is 6.09 Å². The quantitative estimate of drug-likeness (QED) is 0.357. The molecule has 1 fully saturated rings. The summed E-state index contributed by atoms with van der Waals surface area (Å²) in [6.45, 7) is -0.112. The summed E-state index contributed by atoms with van der Waals surface area (Å²) in [5.74, 6) is 0.807. The zero-order chi connectivity index (χ0) is 25.4. The lowest BCUT2D eigenvalue weighted by atomic mass is 9.88. The van der Waals surface area contributed by atoms with E-state index < -0.39 is 19.1 Å². The molecule has 1 aromatic carbocycles. The predicted molar refractivity (Wildman–Crippen MR) is 126 cm³/mol. The Morgan fingerprint density at radius 2 is 2.14 bits per heavy atom. The van der Waals surface area contributed by atoms with E-state index in [1.165, 1.54) is 18.2 Å². The fourth-order valence-electron chi connectivity index (χ4n) is 4.72. The Labute approximate surface area is 203 Å². The second kappa shape index (κ2) is 9.33. The molecule has 12 heteroatoms. The molecule has 0 aliphatic carbocycles. The van der Waals surface area contributed by atoms with Crippen LogP contribution in [-0.4, -0.2) is 69.3 Å². The van der Waals surface area contributed by atoms with Gasteiger partial charge in [-0.2, -0.15) is 5.26 Å². The molecule has 3 N–H and O–H groups in total. The molecule has 1 aliphatic rings. The van der Waals surface area contributed by atoms with Crippen LogP contribution >= 0.6 is 0 Å². The molecule has 186 valence electrons. The zero-order valence-corrected chi connectivity index (χ0v) is 19.2. The van der Waals surface area contributed by atoms with Gasteiger partial charge in [0.2, 0.25) is 5.88 Å². The number of methoxy groups -OCH3 is 1. The highest BCUT2D eigenvalue weighted by atomic mass is 19.3. The molecule has 0 unspecified atom stereocenters. The van der Waals surface area contributed by atoms with E-state index in [4.69, 9.17) is 14.5 Å². The van der Waals surface area contributed by atoms with E-state index in [2.05, 4.69) is 21.0 Å². The van der Waals surface area contributed by atoms with Crippen molar-refractivity contribution < 1.29 is 28.2 Å². The van der Waals surface area contributed by atoms with E-state index in [0.717, 1.165) is 0 Å². The number of hydrogen-bond donors (Lipinski definition) is 3. The van der Waals surface area contributed by atoms with Gasteiger partial charge in [0, 0.05) is 30.9 Å². The van der Waals surface area contributed by atoms with E-state index in [-0.39, 0.29) is 17.5 Å². The first-order valence-corrected chi connectivity index (χ1v) is 11.3. The summed E-state index contributed by atoms with van der Waals surface area (Å²) in [4.78, 5) is 27.9. The normalized spacial score (nSPS) is 14.5. The predicted octanol–water partition coefficient (Wildman–Crippen LogP) is 4.49. The first kappa shape index (κ1) is 23.3. The minimum Gasteiger partial charge on any atom is -0.485 e. The summed E-state index contributed by atoms with van der Waals surface area (Å²) in [6, 6.07) is 5.72. The molecule has 4 heterocycles. The number of carbonyl (C=O) groups is 1. The zero-order valence-electron chi connectivity index (χ0n) is 19.2. The maximum atomic E-state index is 13.1. The van der Waals surface area contributed by atoms with Crippen molar-refractivity contribution in [1.82, 2.24) is 24.8 Å². The average molecular weight is 496 g/mol. The Bertz CT molecular complexity index is 1480. The van der Waals surface area contributed by atoms with Gasteiger partial charge < -0.3 is 29.4 Å². The minimum absolute atomic E-state index is 0.0703. The first-order chi connectivity index (χ1) is 17.4. The number of ether oxygens (including phenoxy) is 2. The highest BCUT2D eigenvalue weighted by Gasteiger charge is 2.28. The number of piperidine rings is 1. The molecule has 1 saturated heterocycles. The van der Waals surface area contributed by atoms with Crippen molar-refractivity contribution in [1.29, 1.82) is 5.26 Å². The number of imidazole rings is 1. The fraction of sp³-hybridized carbons (Fsp3) is 0.333. The summed E-state index contributed by atoms with van der Waals surface area (Å²) in [7, 11) is 1.47. The number of H-pyrrole nitrogens is 2. The number of nitrogens with zero attached hydrogens (tertiary/aromatic N) is 4. The number of alkyl halides is 2. The van der Waals surface area contributed by atoms with Crippen LogP contribution in [0.1, 0.15) is 29.9 Å². The van der Waals surface area contributed by atoms with Gasteiger partial charge in [-0.1, -0.05) is 6.07 Å². The second-order valence-electron chi connectivity index (χ2n) is 8.46. The van der Waals surface area contributed by atoms with Gasteiger partial charge in [-0.05, 0) is 30.4 Å². The van der Waals surface area contributed by atoms with Crippen molar-refractivity contribution in [2.75, 3.05) is 26.8 Å². The van der Waals surface area contributed by atoms with Crippen molar-refractivity contribution in [3.05, 3.63) is 35.7 Å². The topological polar surface area (TPSA) is 140 Å². The molecule has 0 radical (unpaired) electrons. The number of benzene rings is 1. The molecular formula is C24H22F2N6O4. The van der Waals surface area contributed by atoms with Crippen LogP contribution in [0.2, 0.25) is 0 Å². The molecule has 10 nitrogen and oxygen atoms in total. The van der Waals surface area contributed by atoms with E-state index in [0.29, 0.717) is 70.4 Å². The number of carboxylic acid groups (broad SMARTS) is 1. The number of fused-ring (bicyclic) bond motifs is 2. The molecule has 0 saturated carbocycles. The Morgan fingerprint density at radius 3 is 2.81 bits per heavy atom. The lowest BCUT2D eigenvalue weighted by Gasteiger charge is -2.31. The third-order valence-corrected chi connectivity index (χ3v) is 6.44. The van der Waals surface area contributed by atoms with Crippen LogP contribution in [0, 0.1) is 11.3 Å². The van der Waals surface area contributed by atoms with Gasteiger partial charge in [0.05, 0.1) is 23.7 Å². The molecular weight excluding hydrogens is 474 g/mol. The standard InChI is InChI=1S/C24H22F2N6O4/c1-35-23-18(19-15(10-29-23)13(8-27)9-28-19)22-30-16-3-2-14(12-4-6-32(7-5-12)24(33)34)21(20(16)31-22)36-11-17(25)26/h2-3,9-10,12,17,28H,4-7,11H2,1H3,(H,30,31)(H,33,34). The third kappa shape index (κ3) is 4.02. The van der Waals surface area contributed by atoms with E-state index >= 15 is 0 Å². The number of amides is 1. The maximum Gasteiger partial charge on any atom is 0.407 e. The summed E-state index contributed by atoms with van der Waals surface area (Å²) < 4.78 is 37.3. The monoisotopic (exact) mass is 496 g/mol. The largest absolute Gasteiger partial charge is 0.485 e. The van der Waals surface area contributed by atoms with Crippen LogP contribution < -0.4 is 9.47 Å². The lowest BCUT2D eigenvalue weighted by Crippen LogP contribution is -2.36. The Hall–Kier alpha value is -4.40. The number of rotatable bonds is 6. The number of pyridine rings is 1. The van der Waals surface area contributed by atoms with Crippen LogP contribution in [0.3, 0.4) is 0 Å². The van der Waals surface area contributed by atoms with Gasteiger partial charge in [0.1, 0.15) is 29.6 Å². The maximum absolute atomic E-state index is 13.1. The molecule has 0 spiro atoms. The molecule has 3 aromatic heterocycles. The third-order valence-electron chi connectivity index (χ3n) is 6.44. The number of aromatic amines is 2. The summed E-state index contributed by atoms with van der Waals surface area (Å²) in [5.41, 5.74) is 3.13. The average Bonchev–Trinajstić information content (AvgIpc) is 3.50. The van der Waals surface area contributed by atoms with Gasteiger partial charge in [0.15, 0.2) is 5.75 Å². The van der Waals surface area contributed by atoms with Crippen molar-refractivity contribution in [3.8, 4) is 29.1 Å².